The molecule has 0 heterocycles. The normalized spacial score (nSPS) is 10.9. The molecule has 0 unspecified atom stereocenters. The van der Waals surface area contributed by atoms with Crippen LogP contribution in [0.5, 0.6) is 5.75 Å². The number of unbranched alkanes of at least 4 members (excludes halogenated alkanes) is 8. The molecule has 0 radical (unpaired) electrons. The van der Waals surface area contributed by atoms with Gasteiger partial charge in [0.1, 0.15) is 5.75 Å². The van der Waals surface area contributed by atoms with Crippen molar-refractivity contribution in [1.82, 2.24) is 0 Å². The van der Waals surface area contributed by atoms with E-state index in [-0.39, 0.29) is 0 Å². The number of hydrogen-bond acceptors (Lipinski definition) is 4. The SMILES string of the molecule is CCCCCCCCCCCOC(=O)/C=C/C(=O)Oc1ccc(Cl)c(C)c1. The van der Waals surface area contributed by atoms with Crippen LogP contribution in [0.15, 0.2) is 30.4 Å². The van der Waals surface area contributed by atoms with Gasteiger partial charge in [-0.05, 0) is 37.1 Å². The maximum absolute atomic E-state index is 11.7. The van der Waals surface area contributed by atoms with Crippen molar-refractivity contribution >= 4 is 23.5 Å². The minimum Gasteiger partial charge on any atom is -0.463 e. The van der Waals surface area contributed by atoms with Crippen molar-refractivity contribution in [3.05, 3.63) is 40.9 Å². The fourth-order valence-corrected chi connectivity index (χ4v) is 2.72. The molecule has 150 valence electrons. The first-order chi connectivity index (χ1) is 13.0. The number of carbonyl (C=O) groups excluding carboxylic acids is 2. The van der Waals surface area contributed by atoms with E-state index in [1.165, 1.54) is 44.9 Å². The number of carbonyl (C=O) groups is 2. The summed E-state index contributed by atoms with van der Waals surface area (Å²) in [6.45, 7) is 4.42. The quantitative estimate of drug-likeness (QED) is 0.173. The Balaban J connectivity index is 2.10. The van der Waals surface area contributed by atoms with Crippen LogP contribution >= 0.6 is 11.6 Å². The molecule has 0 saturated carbocycles. The van der Waals surface area contributed by atoms with E-state index in [1.807, 2.05) is 6.92 Å². The first-order valence-corrected chi connectivity index (χ1v) is 10.2. The summed E-state index contributed by atoms with van der Waals surface area (Å²) in [5.74, 6) is -0.773. The molecule has 0 spiro atoms. The molecular weight excluding hydrogens is 364 g/mol. The van der Waals surface area contributed by atoms with Crippen LogP contribution in [0.4, 0.5) is 0 Å². The van der Waals surface area contributed by atoms with Gasteiger partial charge in [-0.1, -0.05) is 69.9 Å². The molecule has 1 aromatic carbocycles. The van der Waals surface area contributed by atoms with E-state index in [1.54, 1.807) is 18.2 Å². The van der Waals surface area contributed by atoms with Crippen LogP contribution in [-0.4, -0.2) is 18.5 Å². The van der Waals surface area contributed by atoms with Crippen molar-refractivity contribution in [2.75, 3.05) is 6.61 Å². The molecular formula is C22H31ClO4. The first kappa shape index (κ1) is 23.2. The number of benzene rings is 1. The standard InChI is InChI=1S/C22H31ClO4/c1-3-4-5-6-7-8-9-10-11-16-26-21(24)14-15-22(25)27-19-12-13-20(23)18(2)17-19/h12-15,17H,3-11,16H2,1-2H3/b15-14+. The lowest BCUT2D eigenvalue weighted by Gasteiger charge is -2.04. The predicted molar refractivity (Wildman–Crippen MR) is 109 cm³/mol. The second kappa shape index (κ2) is 14.3. The molecule has 4 nitrogen and oxygen atoms in total. The van der Waals surface area contributed by atoms with Gasteiger partial charge >= 0.3 is 11.9 Å². The Hall–Kier alpha value is -1.81. The highest BCUT2D eigenvalue weighted by Crippen LogP contribution is 2.21. The van der Waals surface area contributed by atoms with E-state index in [9.17, 15) is 9.59 Å². The molecule has 0 atom stereocenters. The maximum atomic E-state index is 11.7. The Labute approximate surface area is 167 Å². The van der Waals surface area contributed by atoms with Crippen LogP contribution in [0.1, 0.15) is 70.3 Å². The number of ether oxygens (including phenoxy) is 2. The molecule has 0 aliphatic heterocycles. The largest absolute Gasteiger partial charge is 0.463 e. The Bertz CT molecular complexity index is 610. The van der Waals surface area contributed by atoms with Gasteiger partial charge in [0.2, 0.25) is 0 Å². The highest BCUT2D eigenvalue weighted by atomic mass is 35.5. The Morgan fingerprint density at radius 1 is 0.926 bits per heavy atom. The van der Waals surface area contributed by atoms with Crippen molar-refractivity contribution in [1.29, 1.82) is 0 Å². The van der Waals surface area contributed by atoms with Crippen molar-refractivity contribution in [3.8, 4) is 5.75 Å². The van der Waals surface area contributed by atoms with Gasteiger partial charge in [0.05, 0.1) is 6.61 Å². The van der Waals surface area contributed by atoms with Gasteiger partial charge < -0.3 is 9.47 Å². The zero-order valence-corrected chi connectivity index (χ0v) is 17.2. The average molecular weight is 395 g/mol. The minimum absolute atomic E-state index is 0.379. The fraction of sp³-hybridized carbons (Fsp3) is 0.545. The number of esters is 2. The number of aryl methyl sites for hydroxylation is 1. The monoisotopic (exact) mass is 394 g/mol. The Morgan fingerprint density at radius 3 is 2.15 bits per heavy atom. The number of rotatable bonds is 13. The van der Waals surface area contributed by atoms with Crippen LogP contribution in [-0.2, 0) is 14.3 Å². The molecule has 1 aromatic rings. The highest BCUT2D eigenvalue weighted by Gasteiger charge is 2.04. The van der Waals surface area contributed by atoms with Gasteiger partial charge in [-0.2, -0.15) is 0 Å². The third-order valence-corrected chi connectivity index (χ3v) is 4.62. The van der Waals surface area contributed by atoms with E-state index < -0.39 is 11.9 Å². The molecule has 0 aliphatic carbocycles. The zero-order valence-electron chi connectivity index (χ0n) is 16.5. The van der Waals surface area contributed by atoms with Crippen molar-refractivity contribution in [2.24, 2.45) is 0 Å². The maximum Gasteiger partial charge on any atom is 0.336 e. The van der Waals surface area contributed by atoms with Gasteiger partial charge in [-0.3, -0.25) is 0 Å². The second-order valence-corrected chi connectivity index (χ2v) is 7.07. The summed E-state index contributed by atoms with van der Waals surface area (Å²) in [4.78, 5) is 23.3. The van der Waals surface area contributed by atoms with Crippen LogP contribution < -0.4 is 4.74 Å². The van der Waals surface area contributed by atoms with Gasteiger partial charge in [0.25, 0.3) is 0 Å². The van der Waals surface area contributed by atoms with Crippen LogP contribution in [0, 0.1) is 6.92 Å². The van der Waals surface area contributed by atoms with Crippen LogP contribution in [0.25, 0.3) is 0 Å². The minimum atomic E-state index is -0.628. The van der Waals surface area contributed by atoms with Crippen molar-refractivity contribution < 1.29 is 19.1 Å². The van der Waals surface area contributed by atoms with E-state index in [2.05, 4.69) is 6.92 Å². The molecule has 0 aliphatic rings. The van der Waals surface area contributed by atoms with E-state index >= 15 is 0 Å². The molecule has 0 fully saturated rings. The van der Waals surface area contributed by atoms with Gasteiger partial charge in [-0.15, -0.1) is 0 Å². The number of hydrogen-bond donors (Lipinski definition) is 0. The molecule has 0 N–H and O–H groups in total. The first-order valence-electron chi connectivity index (χ1n) is 9.85. The third kappa shape index (κ3) is 11.5. The molecule has 1 rings (SSSR count). The summed E-state index contributed by atoms with van der Waals surface area (Å²) >= 11 is 5.92. The molecule has 0 bridgehead atoms. The molecule has 0 saturated heterocycles. The molecule has 0 amide bonds. The van der Waals surface area contributed by atoms with Gasteiger partial charge in [0.15, 0.2) is 0 Å². The summed E-state index contributed by atoms with van der Waals surface area (Å²) in [5.41, 5.74) is 0.811. The lowest BCUT2D eigenvalue weighted by molar-refractivity contribution is -0.138. The summed E-state index contributed by atoms with van der Waals surface area (Å²) in [5, 5.41) is 0.602. The number of halogens is 1. The Morgan fingerprint density at radius 2 is 1.52 bits per heavy atom. The summed E-state index contributed by atoms with van der Waals surface area (Å²) in [6.07, 6.45) is 13.0. The van der Waals surface area contributed by atoms with E-state index in [4.69, 9.17) is 21.1 Å². The predicted octanol–water partition coefficient (Wildman–Crippen LogP) is 6.18. The van der Waals surface area contributed by atoms with Crippen LogP contribution in [0.2, 0.25) is 5.02 Å². The average Bonchev–Trinajstić information content (AvgIpc) is 2.64. The van der Waals surface area contributed by atoms with Crippen molar-refractivity contribution in [2.45, 2.75) is 71.6 Å². The van der Waals surface area contributed by atoms with Crippen LogP contribution in [0.3, 0.4) is 0 Å². The topological polar surface area (TPSA) is 52.6 Å². The van der Waals surface area contributed by atoms with E-state index in [0.29, 0.717) is 17.4 Å². The summed E-state index contributed by atoms with van der Waals surface area (Å²) in [6, 6.07) is 4.92. The highest BCUT2D eigenvalue weighted by molar-refractivity contribution is 6.31. The fourth-order valence-electron chi connectivity index (χ4n) is 2.60. The molecule has 5 heteroatoms. The molecule has 0 aromatic heterocycles. The second-order valence-electron chi connectivity index (χ2n) is 6.66. The van der Waals surface area contributed by atoms with Crippen molar-refractivity contribution in [3.63, 3.8) is 0 Å². The lowest BCUT2D eigenvalue weighted by atomic mass is 10.1. The smallest absolute Gasteiger partial charge is 0.336 e. The zero-order chi connectivity index (χ0) is 19.9. The third-order valence-electron chi connectivity index (χ3n) is 4.20. The van der Waals surface area contributed by atoms with Gasteiger partial charge in [-0.25, -0.2) is 9.59 Å². The lowest BCUT2D eigenvalue weighted by Crippen LogP contribution is -2.07. The summed E-state index contributed by atoms with van der Waals surface area (Å²) in [7, 11) is 0. The molecule has 27 heavy (non-hydrogen) atoms. The van der Waals surface area contributed by atoms with Gasteiger partial charge in [0, 0.05) is 17.2 Å². The Kier molecular flexibility index (Phi) is 12.3. The summed E-state index contributed by atoms with van der Waals surface area (Å²) < 4.78 is 10.2. The van der Waals surface area contributed by atoms with E-state index in [0.717, 1.165) is 30.6 Å².